The third-order valence-corrected chi connectivity index (χ3v) is 5.53. The summed E-state index contributed by atoms with van der Waals surface area (Å²) in [5, 5.41) is 16.8. The number of rotatable bonds is 4. The van der Waals surface area contributed by atoms with Crippen molar-refractivity contribution in [3.8, 4) is 16.3 Å². The molecule has 0 aliphatic carbocycles. The van der Waals surface area contributed by atoms with Crippen molar-refractivity contribution >= 4 is 39.5 Å². The molecule has 1 N–H and O–H groups in total. The van der Waals surface area contributed by atoms with Crippen LogP contribution >= 0.6 is 22.9 Å². The number of carbonyl (C=O) groups is 1. The van der Waals surface area contributed by atoms with E-state index in [1.165, 1.54) is 18.4 Å². The van der Waals surface area contributed by atoms with Gasteiger partial charge in [0, 0.05) is 16.8 Å². The topological polar surface area (TPSA) is 81.4 Å². The van der Waals surface area contributed by atoms with Gasteiger partial charge in [-0.1, -0.05) is 22.9 Å². The van der Waals surface area contributed by atoms with E-state index < -0.39 is 0 Å². The van der Waals surface area contributed by atoms with Crippen molar-refractivity contribution in [2.45, 2.75) is 13.8 Å². The maximum absolute atomic E-state index is 12.6. The van der Waals surface area contributed by atoms with E-state index in [-0.39, 0.29) is 5.91 Å². The summed E-state index contributed by atoms with van der Waals surface area (Å²) in [6.45, 7) is 3.80. The van der Waals surface area contributed by atoms with Crippen LogP contribution in [0, 0.1) is 13.8 Å². The predicted molar refractivity (Wildman–Crippen MR) is 110 cm³/mol. The van der Waals surface area contributed by atoms with E-state index in [1.807, 2.05) is 32.0 Å². The maximum Gasteiger partial charge on any atom is 0.255 e. The zero-order chi connectivity index (χ0) is 19.8. The van der Waals surface area contributed by atoms with E-state index in [0.29, 0.717) is 16.3 Å². The van der Waals surface area contributed by atoms with Crippen molar-refractivity contribution in [3.05, 3.63) is 58.4 Å². The van der Waals surface area contributed by atoms with E-state index in [9.17, 15) is 4.79 Å². The van der Waals surface area contributed by atoms with E-state index in [0.717, 1.165) is 32.6 Å². The average molecular weight is 414 g/mol. The molecule has 4 rings (SSSR count). The molecule has 0 atom stereocenters. The number of aromatic nitrogens is 4. The molecule has 4 aromatic rings. The van der Waals surface area contributed by atoms with Crippen LogP contribution in [0.25, 0.3) is 15.5 Å². The number of hydrogen-bond donors (Lipinski definition) is 1. The number of nitrogens with zero attached hydrogens (tertiary/aromatic N) is 4. The second kappa shape index (κ2) is 7.21. The number of hydrogen-bond acceptors (Lipinski definition) is 6. The number of methoxy groups -OCH3 is 1. The second-order valence-electron chi connectivity index (χ2n) is 6.18. The fourth-order valence-electron chi connectivity index (χ4n) is 2.77. The van der Waals surface area contributed by atoms with Gasteiger partial charge in [0.05, 0.1) is 12.1 Å². The molecule has 28 heavy (non-hydrogen) atoms. The number of aryl methyl sites for hydroxylation is 2. The Morgan fingerprint density at radius 3 is 2.68 bits per heavy atom. The first-order valence-electron chi connectivity index (χ1n) is 8.41. The molecule has 2 heterocycles. The summed E-state index contributed by atoms with van der Waals surface area (Å²) in [6.07, 6.45) is 0. The molecule has 2 aromatic heterocycles. The second-order valence-corrected chi connectivity index (χ2v) is 7.55. The highest BCUT2D eigenvalue weighted by atomic mass is 35.5. The van der Waals surface area contributed by atoms with Gasteiger partial charge in [-0.25, -0.2) is 0 Å². The number of benzene rings is 2. The van der Waals surface area contributed by atoms with Gasteiger partial charge < -0.3 is 10.1 Å². The van der Waals surface area contributed by atoms with Crippen LogP contribution in [0.15, 0.2) is 36.4 Å². The predicted octanol–water partition coefficient (Wildman–Crippen LogP) is 4.38. The van der Waals surface area contributed by atoms with Crippen molar-refractivity contribution in [1.29, 1.82) is 0 Å². The van der Waals surface area contributed by atoms with Gasteiger partial charge in [-0.15, -0.1) is 10.2 Å². The highest BCUT2D eigenvalue weighted by Crippen LogP contribution is 2.29. The first kappa shape index (κ1) is 18.4. The Morgan fingerprint density at radius 2 is 2.00 bits per heavy atom. The summed E-state index contributed by atoms with van der Waals surface area (Å²) in [4.78, 5) is 13.3. The molecule has 2 aromatic carbocycles. The zero-order valence-corrected chi connectivity index (χ0v) is 16.9. The summed E-state index contributed by atoms with van der Waals surface area (Å²) in [6, 6.07) is 10.7. The van der Waals surface area contributed by atoms with E-state index in [4.69, 9.17) is 16.3 Å². The third kappa shape index (κ3) is 3.32. The van der Waals surface area contributed by atoms with Gasteiger partial charge in [-0.2, -0.15) is 9.61 Å². The molecule has 0 bridgehead atoms. The van der Waals surface area contributed by atoms with Gasteiger partial charge >= 0.3 is 0 Å². The molecule has 0 saturated heterocycles. The Kier molecular flexibility index (Phi) is 4.74. The first-order chi connectivity index (χ1) is 13.5. The van der Waals surface area contributed by atoms with Gasteiger partial charge in [0.2, 0.25) is 4.96 Å². The van der Waals surface area contributed by atoms with Crippen molar-refractivity contribution in [2.75, 3.05) is 12.4 Å². The minimum atomic E-state index is -0.241. The number of nitrogens with one attached hydrogen (secondary N) is 1. The molecular weight excluding hydrogens is 398 g/mol. The number of anilines is 1. The lowest BCUT2D eigenvalue weighted by molar-refractivity contribution is 0.102. The molecule has 0 spiro atoms. The molecule has 0 saturated carbocycles. The molecule has 0 aliphatic heterocycles. The SMILES string of the molecule is COc1ccc(C(=O)Nc2ccc(-c3nn4c(C)nnc4s3)cc2C)cc1Cl. The normalized spacial score (nSPS) is 11.0. The van der Waals surface area contributed by atoms with Crippen molar-refractivity contribution in [2.24, 2.45) is 0 Å². The molecule has 0 radical (unpaired) electrons. The number of ether oxygens (including phenoxy) is 1. The zero-order valence-electron chi connectivity index (χ0n) is 15.4. The Morgan fingerprint density at radius 1 is 1.18 bits per heavy atom. The highest BCUT2D eigenvalue weighted by Gasteiger charge is 2.14. The molecule has 7 nitrogen and oxygen atoms in total. The minimum Gasteiger partial charge on any atom is -0.495 e. The van der Waals surface area contributed by atoms with E-state index in [2.05, 4.69) is 20.6 Å². The van der Waals surface area contributed by atoms with Crippen molar-refractivity contribution < 1.29 is 9.53 Å². The first-order valence-corrected chi connectivity index (χ1v) is 9.60. The molecule has 0 fully saturated rings. The molecule has 0 unspecified atom stereocenters. The van der Waals surface area contributed by atoms with Crippen LogP contribution in [-0.4, -0.2) is 32.8 Å². The number of halogens is 1. The number of fused-ring (bicyclic) bond motifs is 1. The fourth-order valence-corrected chi connectivity index (χ4v) is 3.91. The number of carbonyl (C=O) groups excluding carboxylic acids is 1. The van der Waals surface area contributed by atoms with Crippen LogP contribution in [0.3, 0.4) is 0 Å². The van der Waals surface area contributed by atoms with Crippen LogP contribution in [0.1, 0.15) is 21.7 Å². The number of amides is 1. The Hall–Kier alpha value is -2.97. The maximum atomic E-state index is 12.6. The average Bonchev–Trinajstić information content (AvgIpc) is 3.25. The molecule has 142 valence electrons. The summed E-state index contributed by atoms with van der Waals surface area (Å²) < 4.78 is 6.84. The van der Waals surface area contributed by atoms with Crippen LogP contribution in [0.4, 0.5) is 5.69 Å². The largest absolute Gasteiger partial charge is 0.495 e. The van der Waals surface area contributed by atoms with Crippen molar-refractivity contribution in [1.82, 2.24) is 19.8 Å². The van der Waals surface area contributed by atoms with Gasteiger partial charge in [0.1, 0.15) is 10.8 Å². The van der Waals surface area contributed by atoms with Gasteiger partial charge in [-0.3, -0.25) is 4.79 Å². The summed E-state index contributed by atoms with van der Waals surface area (Å²) in [5.41, 5.74) is 3.06. The monoisotopic (exact) mass is 413 g/mol. The lowest BCUT2D eigenvalue weighted by Gasteiger charge is -2.10. The van der Waals surface area contributed by atoms with E-state index in [1.54, 1.807) is 22.7 Å². The van der Waals surface area contributed by atoms with Gasteiger partial charge in [-0.05, 0) is 55.8 Å². The fraction of sp³-hybridized carbons (Fsp3) is 0.158. The Bertz CT molecular complexity index is 1200. The van der Waals surface area contributed by atoms with E-state index >= 15 is 0 Å². The molecule has 0 aliphatic rings. The highest BCUT2D eigenvalue weighted by molar-refractivity contribution is 7.19. The standard InChI is InChI=1S/C19H16ClN5O2S/c1-10-8-13(18-24-25-11(2)22-23-19(25)28-18)4-6-15(10)21-17(26)12-5-7-16(27-3)14(20)9-12/h4-9H,1-3H3,(H,21,26). The van der Waals surface area contributed by atoms with Crippen LogP contribution in [0.5, 0.6) is 5.75 Å². The van der Waals surface area contributed by atoms with Crippen LogP contribution in [0.2, 0.25) is 5.02 Å². The van der Waals surface area contributed by atoms with Crippen LogP contribution < -0.4 is 10.1 Å². The van der Waals surface area contributed by atoms with Crippen molar-refractivity contribution in [3.63, 3.8) is 0 Å². The molecule has 9 heteroatoms. The Labute approximate surface area is 169 Å². The summed E-state index contributed by atoms with van der Waals surface area (Å²) >= 11 is 7.58. The summed E-state index contributed by atoms with van der Waals surface area (Å²) in [5.74, 6) is 1.03. The summed E-state index contributed by atoms with van der Waals surface area (Å²) in [7, 11) is 1.53. The minimum absolute atomic E-state index is 0.241. The molecular formula is C19H16ClN5O2S. The van der Waals surface area contributed by atoms with Gasteiger partial charge in [0.15, 0.2) is 5.82 Å². The van der Waals surface area contributed by atoms with Gasteiger partial charge in [0.25, 0.3) is 5.91 Å². The lowest BCUT2D eigenvalue weighted by atomic mass is 10.1. The molecule has 1 amide bonds. The quantitative estimate of drug-likeness (QED) is 0.536. The van der Waals surface area contributed by atoms with Crippen LogP contribution in [-0.2, 0) is 0 Å². The lowest BCUT2D eigenvalue weighted by Crippen LogP contribution is -2.12. The third-order valence-electron chi connectivity index (χ3n) is 4.28. The smallest absolute Gasteiger partial charge is 0.255 e. The Balaban J connectivity index is 1.57.